The molecule has 0 spiro atoms. The maximum Gasteiger partial charge on any atom is 0.254 e. The van der Waals surface area contributed by atoms with Gasteiger partial charge < -0.3 is 9.80 Å². The summed E-state index contributed by atoms with van der Waals surface area (Å²) in [6.45, 7) is 3.58. The number of benzene rings is 2. The highest BCUT2D eigenvalue weighted by Crippen LogP contribution is 2.27. The number of para-hydroxylation sites is 1. The van der Waals surface area contributed by atoms with Crippen molar-refractivity contribution >= 4 is 33.2 Å². The number of carbonyl (C=O) groups excluding carboxylic acids is 1. The van der Waals surface area contributed by atoms with Crippen molar-refractivity contribution in [3.8, 4) is 0 Å². The quantitative estimate of drug-likeness (QED) is 0.743. The van der Waals surface area contributed by atoms with Crippen LogP contribution in [0.25, 0.3) is 0 Å². The molecule has 2 heterocycles. The average molecular weight is 434 g/mol. The van der Waals surface area contributed by atoms with Crippen LogP contribution in [0.15, 0.2) is 53.4 Å². The summed E-state index contributed by atoms with van der Waals surface area (Å²) in [5, 5.41) is 0.701. The van der Waals surface area contributed by atoms with Gasteiger partial charge in [-0.25, -0.2) is 8.42 Å². The van der Waals surface area contributed by atoms with Crippen molar-refractivity contribution in [2.75, 3.05) is 44.2 Å². The van der Waals surface area contributed by atoms with Gasteiger partial charge in [-0.2, -0.15) is 4.31 Å². The van der Waals surface area contributed by atoms with Crippen LogP contribution >= 0.6 is 11.6 Å². The van der Waals surface area contributed by atoms with E-state index in [1.807, 2.05) is 24.3 Å². The summed E-state index contributed by atoms with van der Waals surface area (Å²) in [6.07, 6.45) is 1.76. The predicted octanol–water partition coefficient (Wildman–Crippen LogP) is 3.09. The number of hydrogen-bond acceptors (Lipinski definition) is 4. The number of piperazine rings is 1. The minimum absolute atomic E-state index is 0.137. The highest BCUT2D eigenvalue weighted by Gasteiger charge is 2.29. The topological polar surface area (TPSA) is 60.9 Å². The van der Waals surface area contributed by atoms with Gasteiger partial charge in [-0.1, -0.05) is 29.8 Å². The number of nitrogens with zero attached hydrogens (tertiary/aromatic N) is 3. The fourth-order valence-electron chi connectivity index (χ4n) is 3.91. The van der Waals surface area contributed by atoms with Crippen LogP contribution in [-0.2, 0) is 10.0 Å². The lowest BCUT2D eigenvalue weighted by molar-refractivity contribution is 0.0746. The van der Waals surface area contributed by atoms with E-state index in [9.17, 15) is 13.2 Å². The van der Waals surface area contributed by atoms with Crippen LogP contribution in [0.1, 0.15) is 23.2 Å². The fourth-order valence-corrected chi connectivity index (χ4v) is 5.73. The maximum absolute atomic E-state index is 13.0. The summed E-state index contributed by atoms with van der Waals surface area (Å²) in [6, 6.07) is 14.1. The number of sulfonamides is 1. The van der Waals surface area contributed by atoms with Crippen molar-refractivity contribution in [1.82, 2.24) is 9.21 Å². The second kappa shape index (κ2) is 8.34. The first-order chi connectivity index (χ1) is 14.0. The van der Waals surface area contributed by atoms with Gasteiger partial charge in [-0.15, -0.1) is 0 Å². The Labute approximate surface area is 176 Å². The van der Waals surface area contributed by atoms with Gasteiger partial charge in [0, 0.05) is 44.8 Å². The molecular formula is C21H24ClN3O3S. The molecule has 0 radical (unpaired) electrons. The lowest BCUT2D eigenvalue weighted by Crippen LogP contribution is -2.48. The van der Waals surface area contributed by atoms with Crippen LogP contribution in [0.4, 0.5) is 5.69 Å². The van der Waals surface area contributed by atoms with Gasteiger partial charge in [0.05, 0.1) is 15.6 Å². The van der Waals surface area contributed by atoms with Crippen LogP contribution in [0.2, 0.25) is 5.02 Å². The number of rotatable bonds is 4. The zero-order chi connectivity index (χ0) is 20.4. The molecule has 0 saturated carbocycles. The highest BCUT2D eigenvalue weighted by molar-refractivity contribution is 7.89. The normalized spacial score (nSPS) is 18.2. The van der Waals surface area contributed by atoms with Crippen LogP contribution in [0.5, 0.6) is 0 Å². The first-order valence-electron chi connectivity index (χ1n) is 9.86. The first kappa shape index (κ1) is 20.2. The molecule has 8 heteroatoms. The Hall–Kier alpha value is -2.09. The molecule has 2 aliphatic heterocycles. The molecule has 0 aromatic heterocycles. The molecule has 0 bridgehead atoms. The van der Waals surface area contributed by atoms with Crippen LogP contribution in [0.3, 0.4) is 0 Å². The first-order valence-corrected chi connectivity index (χ1v) is 11.7. The van der Waals surface area contributed by atoms with Gasteiger partial charge in [0.25, 0.3) is 5.91 Å². The molecule has 0 atom stereocenters. The Kier molecular flexibility index (Phi) is 5.81. The van der Waals surface area contributed by atoms with Gasteiger partial charge >= 0.3 is 0 Å². The van der Waals surface area contributed by atoms with Crippen molar-refractivity contribution in [2.24, 2.45) is 0 Å². The summed E-state index contributed by atoms with van der Waals surface area (Å²) in [4.78, 5) is 17.1. The Morgan fingerprint density at radius 3 is 2.24 bits per heavy atom. The molecular weight excluding hydrogens is 410 g/mol. The Balaban J connectivity index is 1.46. The van der Waals surface area contributed by atoms with Crippen LogP contribution < -0.4 is 4.90 Å². The number of halogens is 1. The molecule has 2 aliphatic rings. The molecule has 2 fully saturated rings. The van der Waals surface area contributed by atoms with Crippen LogP contribution in [-0.4, -0.2) is 62.8 Å². The van der Waals surface area contributed by atoms with Gasteiger partial charge in [0.1, 0.15) is 0 Å². The summed E-state index contributed by atoms with van der Waals surface area (Å²) in [7, 11) is -3.54. The SMILES string of the molecule is O=C(c1cccc(S(=O)(=O)N2CCCC2)c1)N1CCN(c2ccccc2Cl)CC1. The monoisotopic (exact) mass is 433 g/mol. The minimum atomic E-state index is -3.54. The second-order valence-corrected chi connectivity index (χ2v) is 9.71. The lowest BCUT2D eigenvalue weighted by atomic mass is 10.1. The van der Waals surface area contributed by atoms with E-state index in [4.69, 9.17) is 11.6 Å². The number of hydrogen-bond donors (Lipinski definition) is 0. The zero-order valence-corrected chi connectivity index (χ0v) is 17.7. The van der Waals surface area contributed by atoms with Gasteiger partial charge in [-0.05, 0) is 43.2 Å². The number of amides is 1. The Bertz CT molecular complexity index is 998. The van der Waals surface area contributed by atoms with Crippen molar-refractivity contribution in [1.29, 1.82) is 0 Å². The third kappa shape index (κ3) is 4.13. The van der Waals surface area contributed by atoms with Crippen LogP contribution in [0, 0.1) is 0 Å². The molecule has 154 valence electrons. The molecule has 1 amide bonds. The number of anilines is 1. The molecule has 0 aliphatic carbocycles. The Morgan fingerprint density at radius 1 is 0.862 bits per heavy atom. The third-order valence-corrected chi connectivity index (χ3v) is 7.76. The molecule has 2 aromatic carbocycles. The molecule has 4 rings (SSSR count). The summed E-state index contributed by atoms with van der Waals surface area (Å²) in [5.41, 5.74) is 1.39. The van der Waals surface area contributed by atoms with E-state index in [0.717, 1.165) is 18.5 Å². The largest absolute Gasteiger partial charge is 0.367 e. The van der Waals surface area contributed by atoms with E-state index >= 15 is 0 Å². The predicted molar refractivity (Wildman–Crippen MR) is 114 cm³/mol. The average Bonchev–Trinajstić information content (AvgIpc) is 3.30. The van der Waals surface area contributed by atoms with Crippen molar-refractivity contribution in [3.63, 3.8) is 0 Å². The summed E-state index contributed by atoms with van der Waals surface area (Å²) >= 11 is 6.28. The summed E-state index contributed by atoms with van der Waals surface area (Å²) in [5.74, 6) is -0.137. The molecule has 29 heavy (non-hydrogen) atoms. The third-order valence-electron chi connectivity index (χ3n) is 5.54. The van der Waals surface area contributed by atoms with E-state index in [2.05, 4.69) is 4.90 Å². The van der Waals surface area contributed by atoms with Crippen molar-refractivity contribution in [3.05, 3.63) is 59.1 Å². The van der Waals surface area contributed by atoms with E-state index in [1.165, 1.54) is 10.4 Å². The van der Waals surface area contributed by atoms with Gasteiger partial charge in [-0.3, -0.25) is 4.79 Å². The molecule has 2 saturated heterocycles. The number of carbonyl (C=O) groups is 1. The maximum atomic E-state index is 13.0. The van der Waals surface area contributed by atoms with E-state index in [1.54, 1.807) is 23.1 Å². The standard InChI is InChI=1S/C21H24ClN3O3S/c22-19-8-1-2-9-20(19)23-12-14-24(15-13-23)21(26)17-6-5-7-18(16-17)29(27,28)25-10-3-4-11-25/h1-2,5-9,16H,3-4,10-15H2. The molecule has 0 N–H and O–H groups in total. The van der Waals surface area contributed by atoms with Crippen molar-refractivity contribution < 1.29 is 13.2 Å². The van der Waals surface area contributed by atoms with Crippen molar-refractivity contribution in [2.45, 2.75) is 17.7 Å². The van der Waals surface area contributed by atoms with E-state index < -0.39 is 10.0 Å². The van der Waals surface area contributed by atoms with E-state index in [-0.39, 0.29) is 10.8 Å². The smallest absolute Gasteiger partial charge is 0.254 e. The minimum Gasteiger partial charge on any atom is -0.367 e. The lowest BCUT2D eigenvalue weighted by Gasteiger charge is -2.36. The Morgan fingerprint density at radius 2 is 1.55 bits per heavy atom. The van der Waals surface area contributed by atoms with E-state index in [0.29, 0.717) is 49.9 Å². The molecule has 6 nitrogen and oxygen atoms in total. The van der Waals surface area contributed by atoms with Gasteiger partial charge in [0.15, 0.2) is 0 Å². The highest BCUT2D eigenvalue weighted by atomic mass is 35.5. The fraction of sp³-hybridized carbons (Fsp3) is 0.381. The van der Waals surface area contributed by atoms with Gasteiger partial charge in [0.2, 0.25) is 10.0 Å². The zero-order valence-electron chi connectivity index (χ0n) is 16.1. The molecule has 0 unspecified atom stereocenters. The second-order valence-electron chi connectivity index (χ2n) is 7.37. The summed E-state index contributed by atoms with van der Waals surface area (Å²) < 4.78 is 27.1. The molecule has 2 aromatic rings.